The topological polar surface area (TPSA) is 79.9 Å². The van der Waals surface area contributed by atoms with Gasteiger partial charge in [-0.15, -0.1) is 6.58 Å². The molecule has 5 nitrogen and oxygen atoms in total. The molecule has 0 amide bonds. The van der Waals surface area contributed by atoms with E-state index >= 15 is 0 Å². The molecule has 0 spiro atoms. The number of aliphatic hydroxyl groups is 1. The number of nitrogens with two attached hydrogens (primary N) is 1. The van der Waals surface area contributed by atoms with Gasteiger partial charge < -0.3 is 20.9 Å². The third-order valence-electron chi connectivity index (χ3n) is 2.48. The first-order valence-electron chi connectivity index (χ1n) is 5.69. The van der Waals surface area contributed by atoms with Gasteiger partial charge in [0.2, 0.25) is 0 Å². The van der Waals surface area contributed by atoms with E-state index in [1.54, 1.807) is 13.1 Å². The van der Waals surface area contributed by atoms with E-state index in [-0.39, 0.29) is 17.6 Å². The molecule has 0 aromatic rings. The summed E-state index contributed by atoms with van der Waals surface area (Å²) in [7, 11) is 1.64. The predicted octanol–water partition coefficient (Wildman–Crippen LogP) is 0.306. The molecule has 3 unspecified atom stereocenters. The molecule has 3 atom stereocenters. The zero-order valence-corrected chi connectivity index (χ0v) is 10.9. The van der Waals surface area contributed by atoms with E-state index in [2.05, 4.69) is 16.9 Å². The van der Waals surface area contributed by atoms with E-state index in [1.807, 2.05) is 0 Å². The predicted molar refractivity (Wildman–Crippen MR) is 72.1 cm³/mol. The van der Waals surface area contributed by atoms with E-state index in [9.17, 15) is 5.11 Å². The number of aliphatic hydroxyl groups excluding tert-OH is 1. The molecule has 1 heterocycles. The van der Waals surface area contributed by atoms with Crippen molar-refractivity contribution in [2.24, 2.45) is 10.7 Å². The Morgan fingerprint density at radius 1 is 1.71 bits per heavy atom. The summed E-state index contributed by atoms with van der Waals surface area (Å²) < 4.78 is 5.82. The molecule has 1 rings (SSSR count). The summed E-state index contributed by atoms with van der Waals surface area (Å²) in [6.45, 7) is 5.09. The fraction of sp³-hybridized carbons (Fsp3) is 0.727. The van der Waals surface area contributed by atoms with Crippen molar-refractivity contribution in [1.82, 2.24) is 5.32 Å². The fourth-order valence-corrected chi connectivity index (χ4v) is 2.59. The zero-order chi connectivity index (χ0) is 12.7. The number of thioether (sulfide) groups is 1. The first kappa shape index (κ1) is 14.5. The molecule has 1 saturated heterocycles. The molecule has 17 heavy (non-hydrogen) atoms. The molecule has 0 radical (unpaired) electrons. The van der Waals surface area contributed by atoms with E-state index in [0.29, 0.717) is 24.6 Å². The number of hydrogen-bond acceptors (Lipinski definition) is 5. The lowest BCUT2D eigenvalue weighted by molar-refractivity contribution is -0.0565. The average molecular weight is 259 g/mol. The molecular formula is C11H21N3O2S. The van der Waals surface area contributed by atoms with Gasteiger partial charge in [-0.25, -0.2) is 0 Å². The minimum atomic E-state index is -0.332. The highest BCUT2D eigenvalue weighted by molar-refractivity contribution is 8.14. The Labute approximate surface area is 107 Å². The third-order valence-corrected chi connectivity index (χ3v) is 3.47. The van der Waals surface area contributed by atoms with Crippen LogP contribution in [0.25, 0.3) is 0 Å². The molecule has 1 aliphatic heterocycles. The molecule has 1 aliphatic rings. The molecule has 4 N–H and O–H groups in total. The average Bonchev–Trinajstić information content (AvgIpc) is 2.28. The van der Waals surface area contributed by atoms with Crippen LogP contribution in [0.3, 0.4) is 0 Å². The van der Waals surface area contributed by atoms with Gasteiger partial charge in [-0.2, -0.15) is 0 Å². The maximum atomic E-state index is 9.77. The Bertz CT molecular complexity index is 273. The highest BCUT2D eigenvalue weighted by Gasteiger charge is 2.29. The van der Waals surface area contributed by atoms with Crippen molar-refractivity contribution in [2.45, 2.75) is 30.5 Å². The van der Waals surface area contributed by atoms with Crippen molar-refractivity contribution in [3.05, 3.63) is 12.7 Å². The maximum Gasteiger partial charge on any atom is 0.156 e. The van der Waals surface area contributed by atoms with Crippen molar-refractivity contribution >= 4 is 16.9 Å². The van der Waals surface area contributed by atoms with E-state index in [0.717, 1.165) is 6.54 Å². The molecule has 98 valence electrons. The van der Waals surface area contributed by atoms with Gasteiger partial charge in [0.1, 0.15) is 5.44 Å². The first-order valence-corrected chi connectivity index (χ1v) is 6.57. The summed E-state index contributed by atoms with van der Waals surface area (Å²) in [5, 5.41) is 13.4. The number of aliphatic imine (C=N–C) groups is 1. The number of amidine groups is 1. The van der Waals surface area contributed by atoms with Gasteiger partial charge in [-0.05, 0) is 0 Å². The minimum Gasteiger partial charge on any atom is -0.393 e. The van der Waals surface area contributed by atoms with Gasteiger partial charge in [0.15, 0.2) is 5.17 Å². The lowest BCUT2D eigenvalue weighted by Crippen LogP contribution is -2.40. The standard InChI is InChI=1S/C11H21N3O2S/c1-3-4-14-7-9-5-8(15)6-10(16-9)17-11(12)13-2/h3,8-10,14-15H,1,4-7H2,2H3,(H2,12,13). The smallest absolute Gasteiger partial charge is 0.156 e. The minimum absolute atomic E-state index is 0.0147. The monoisotopic (exact) mass is 259 g/mol. The third kappa shape index (κ3) is 5.54. The van der Waals surface area contributed by atoms with E-state index in [1.165, 1.54) is 11.8 Å². The van der Waals surface area contributed by atoms with Gasteiger partial charge >= 0.3 is 0 Å². The fourth-order valence-electron chi connectivity index (χ4n) is 1.69. The van der Waals surface area contributed by atoms with E-state index < -0.39 is 0 Å². The highest BCUT2D eigenvalue weighted by Crippen LogP contribution is 2.27. The van der Waals surface area contributed by atoms with Gasteiger partial charge in [0, 0.05) is 33.0 Å². The van der Waals surface area contributed by atoms with Crippen LogP contribution >= 0.6 is 11.8 Å². The van der Waals surface area contributed by atoms with Crippen molar-refractivity contribution in [2.75, 3.05) is 20.1 Å². The second kappa shape index (κ2) is 7.71. The number of ether oxygens (including phenoxy) is 1. The molecule has 0 saturated carbocycles. The number of hydrogen-bond donors (Lipinski definition) is 3. The first-order chi connectivity index (χ1) is 8.15. The van der Waals surface area contributed by atoms with Crippen LogP contribution < -0.4 is 11.1 Å². The lowest BCUT2D eigenvalue weighted by Gasteiger charge is -2.32. The van der Waals surface area contributed by atoms with Crippen LogP contribution in [0.5, 0.6) is 0 Å². The van der Waals surface area contributed by atoms with Crippen molar-refractivity contribution in [1.29, 1.82) is 0 Å². The van der Waals surface area contributed by atoms with Crippen LogP contribution in [0.2, 0.25) is 0 Å². The van der Waals surface area contributed by atoms with Crippen LogP contribution in [0.4, 0.5) is 0 Å². The maximum absolute atomic E-state index is 9.77. The zero-order valence-electron chi connectivity index (χ0n) is 10.1. The van der Waals surface area contributed by atoms with E-state index in [4.69, 9.17) is 10.5 Å². The van der Waals surface area contributed by atoms with Crippen LogP contribution in [0.15, 0.2) is 17.6 Å². The van der Waals surface area contributed by atoms with Crippen molar-refractivity contribution in [3.8, 4) is 0 Å². The Morgan fingerprint density at radius 3 is 3.12 bits per heavy atom. The van der Waals surface area contributed by atoms with Crippen LogP contribution in [-0.4, -0.2) is 48.1 Å². The van der Waals surface area contributed by atoms with Crippen LogP contribution in [-0.2, 0) is 4.74 Å². The number of rotatable bonds is 5. The second-order valence-electron chi connectivity index (χ2n) is 3.94. The SMILES string of the molecule is C=CCNCC1CC(O)CC(SC(N)=NC)O1. The van der Waals surface area contributed by atoms with Gasteiger partial charge in [0.05, 0.1) is 12.2 Å². The Balaban J connectivity index is 2.38. The number of nitrogens with zero attached hydrogens (tertiary/aromatic N) is 1. The van der Waals surface area contributed by atoms with Crippen molar-refractivity contribution in [3.63, 3.8) is 0 Å². The molecule has 0 aliphatic carbocycles. The summed E-state index contributed by atoms with van der Waals surface area (Å²) in [5.74, 6) is 0. The Kier molecular flexibility index (Phi) is 6.57. The quantitative estimate of drug-likeness (QED) is 0.286. The molecular weight excluding hydrogens is 238 g/mol. The van der Waals surface area contributed by atoms with Crippen LogP contribution in [0, 0.1) is 0 Å². The number of nitrogens with one attached hydrogen (secondary N) is 1. The molecule has 0 bridgehead atoms. The van der Waals surface area contributed by atoms with Crippen LogP contribution in [0.1, 0.15) is 12.8 Å². The summed E-state index contributed by atoms with van der Waals surface area (Å²) >= 11 is 1.36. The molecule has 0 aromatic carbocycles. The van der Waals surface area contributed by atoms with Crippen molar-refractivity contribution < 1.29 is 9.84 Å². The Hall–Kier alpha value is -0.560. The normalized spacial score (nSPS) is 30.2. The molecule has 6 heteroatoms. The second-order valence-corrected chi connectivity index (χ2v) is 5.12. The lowest BCUT2D eigenvalue weighted by atomic mass is 10.1. The summed E-state index contributed by atoms with van der Waals surface area (Å²) in [6.07, 6.45) is 2.73. The summed E-state index contributed by atoms with van der Waals surface area (Å²) in [6, 6.07) is 0. The largest absolute Gasteiger partial charge is 0.393 e. The Morgan fingerprint density at radius 2 is 2.47 bits per heavy atom. The molecule has 1 fully saturated rings. The summed E-state index contributed by atoms with van der Waals surface area (Å²) in [5.41, 5.74) is 5.53. The highest BCUT2D eigenvalue weighted by atomic mass is 32.2. The summed E-state index contributed by atoms with van der Waals surface area (Å²) in [4.78, 5) is 3.87. The van der Waals surface area contributed by atoms with Gasteiger partial charge in [0.25, 0.3) is 0 Å². The molecule has 0 aromatic heterocycles. The van der Waals surface area contributed by atoms with Gasteiger partial charge in [-0.1, -0.05) is 17.8 Å². The van der Waals surface area contributed by atoms with Gasteiger partial charge in [-0.3, -0.25) is 4.99 Å².